The van der Waals surface area contributed by atoms with E-state index in [2.05, 4.69) is 10.3 Å². The molecular formula is C16H20N2O2. The van der Waals surface area contributed by atoms with Gasteiger partial charge in [0.1, 0.15) is 0 Å². The SMILES string of the molecule is O=c1[nH]c2ccccc2cc1CNCCC1CCOC1. The first kappa shape index (κ1) is 13.3. The number of fused-ring (bicyclic) bond motifs is 1. The van der Waals surface area contributed by atoms with E-state index in [-0.39, 0.29) is 5.56 Å². The minimum atomic E-state index is 0.000370. The maximum Gasteiger partial charge on any atom is 0.252 e. The summed E-state index contributed by atoms with van der Waals surface area (Å²) in [7, 11) is 0. The van der Waals surface area contributed by atoms with Crippen LogP contribution in [0, 0.1) is 5.92 Å². The van der Waals surface area contributed by atoms with E-state index in [4.69, 9.17) is 4.74 Å². The molecule has 4 nitrogen and oxygen atoms in total. The van der Waals surface area contributed by atoms with Gasteiger partial charge in [-0.25, -0.2) is 0 Å². The Morgan fingerprint density at radius 2 is 2.25 bits per heavy atom. The van der Waals surface area contributed by atoms with Crippen molar-refractivity contribution in [3.63, 3.8) is 0 Å². The van der Waals surface area contributed by atoms with Gasteiger partial charge in [-0.2, -0.15) is 0 Å². The van der Waals surface area contributed by atoms with Crippen LogP contribution < -0.4 is 10.9 Å². The molecule has 1 fully saturated rings. The molecule has 0 bridgehead atoms. The zero-order chi connectivity index (χ0) is 13.8. The predicted octanol–water partition coefficient (Wildman–Crippen LogP) is 2.04. The topological polar surface area (TPSA) is 54.1 Å². The summed E-state index contributed by atoms with van der Waals surface area (Å²) >= 11 is 0. The van der Waals surface area contributed by atoms with Crippen LogP contribution in [-0.2, 0) is 11.3 Å². The van der Waals surface area contributed by atoms with E-state index in [0.717, 1.165) is 49.1 Å². The number of rotatable bonds is 5. The number of hydrogen-bond acceptors (Lipinski definition) is 3. The Balaban J connectivity index is 1.59. The molecule has 1 saturated heterocycles. The van der Waals surface area contributed by atoms with E-state index in [1.54, 1.807) is 0 Å². The molecule has 0 saturated carbocycles. The molecule has 1 unspecified atom stereocenters. The maximum atomic E-state index is 12.0. The second-order valence-electron chi connectivity index (χ2n) is 5.41. The number of aromatic amines is 1. The third-order valence-corrected chi connectivity index (χ3v) is 3.90. The lowest BCUT2D eigenvalue weighted by Crippen LogP contribution is -2.23. The van der Waals surface area contributed by atoms with Crippen LogP contribution in [0.15, 0.2) is 35.1 Å². The van der Waals surface area contributed by atoms with Crippen molar-refractivity contribution in [2.75, 3.05) is 19.8 Å². The van der Waals surface area contributed by atoms with Gasteiger partial charge in [0, 0.05) is 30.8 Å². The molecule has 1 aromatic heterocycles. The van der Waals surface area contributed by atoms with Crippen LogP contribution in [0.5, 0.6) is 0 Å². The van der Waals surface area contributed by atoms with Gasteiger partial charge in [0.05, 0.1) is 0 Å². The molecule has 2 heterocycles. The lowest BCUT2D eigenvalue weighted by Gasteiger charge is -2.09. The number of nitrogens with one attached hydrogen (secondary N) is 2. The number of hydrogen-bond donors (Lipinski definition) is 2. The van der Waals surface area contributed by atoms with Gasteiger partial charge < -0.3 is 15.0 Å². The Hall–Kier alpha value is -1.65. The van der Waals surface area contributed by atoms with Crippen LogP contribution in [0.3, 0.4) is 0 Å². The molecule has 20 heavy (non-hydrogen) atoms. The van der Waals surface area contributed by atoms with E-state index in [1.807, 2.05) is 30.3 Å². The van der Waals surface area contributed by atoms with Gasteiger partial charge in [0.25, 0.3) is 5.56 Å². The van der Waals surface area contributed by atoms with Gasteiger partial charge >= 0.3 is 0 Å². The molecule has 2 aromatic rings. The van der Waals surface area contributed by atoms with Crippen molar-refractivity contribution in [2.45, 2.75) is 19.4 Å². The molecule has 1 aliphatic rings. The molecule has 0 spiro atoms. The quantitative estimate of drug-likeness (QED) is 0.819. The number of aromatic nitrogens is 1. The highest BCUT2D eigenvalue weighted by atomic mass is 16.5. The smallest absolute Gasteiger partial charge is 0.252 e. The zero-order valence-electron chi connectivity index (χ0n) is 11.5. The number of para-hydroxylation sites is 1. The van der Waals surface area contributed by atoms with Crippen LogP contribution >= 0.6 is 0 Å². The van der Waals surface area contributed by atoms with Gasteiger partial charge in [-0.05, 0) is 42.8 Å². The summed E-state index contributed by atoms with van der Waals surface area (Å²) < 4.78 is 5.36. The van der Waals surface area contributed by atoms with Crippen molar-refractivity contribution in [1.29, 1.82) is 0 Å². The molecule has 1 atom stereocenters. The Bertz CT molecular complexity index is 630. The van der Waals surface area contributed by atoms with Crippen molar-refractivity contribution >= 4 is 10.9 Å². The van der Waals surface area contributed by atoms with Crippen LogP contribution in [-0.4, -0.2) is 24.7 Å². The number of benzene rings is 1. The van der Waals surface area contributed by atoms with Gasteiger partial charge in [0.2, 0.25) is 0 Å². The summed E-state index contributed by atoms with van der Waals surface area (Å²) in [5.74, 6) is 0.678. The van der Waals surface area contributed by atoms with Crippen molar-refractivity contribution in [3.8, 4) is 0 Å². The number of H-pyrrole nitrogens is 1. The third kappa shape index (κ3) is 3.08. The summed E-state index contributed by atoms with van der Waals surface area (Å²) in [5, 5.41) is 4.44. The van der Waals surface area contributed by atoms with Crippen LogP contribution in [0.25, 0.3) is 10.9 Å². The molecule has 3 rings (SSSR count). The lowest BCUT2D eigenvalue weighted by molar-refractivity contribution is 0.184. The molecule has 0 radical (unpaired) electrons. The Labute approximate surface area is 118 Å². The fraction of sp³-hybridized carbons (Fsp3) is 0.438. The highest BCUT2D eigenvalue weighted by Gasteiger charge is 2.14. The molecule has 0 aliphatic carbocycles. The molecule has 0 amide bonds. The summed E-state index contributed by atoms with van der Waals surface area (Å²) in [6.07, 6.45) is 2.28. The fourth-order valence-electron chi connectivity index (χ4n) is 2.66. The molecular weight excluding hydrogens is 252 g/mol. The summed E-state index contributed by atoms with van der Waals surface area (Å²) in [4.78, 5) is 14.9. The molecule has 4 heteroatoms. The average molecular weight is 272 g/mol. The predicted molar refractivity (Wildman–Crippen MR) is 79.8 cm³/mol. The summed E-state index contributed by atoms with van der Waals surface area (Å²) in [5.41, 5.74) is 1.69. The van der Waals surface area contributed by atoms with Crippen LogP contribution in [0.2, 0.25) is 0 Å². The first-order chi connectivity index (χ1) is 9.83. The molecule has 106 valence electrons. The molecule has 1 aliphatic heterocycles. The third-order valence-electron chi connectivity index (χ3n) is 3.90. The van der Waals surface area contributed by atoms with Crippen LogP contribution in [0.4, 0.5) is 0 Å². The first-order valence-electron chi connectivity index (χ1n) is 7.22. The number of ether oxygens (including phenoxy) is 1. The van der Waals surface area contributed by atoms with E-state index in [1.165, 1.54) is 0 Å². The monoisotopic (exact) mass is 272 g/mol. The Morgan fingerprint density at radius 1 is 1.35 bits per heavy atom. The summed E-state index contributed by atoms with van der Waals surface area (Å²) in [6, 6.07) is 9.83. The minimum absolute atomic E-state index is 0.000370. The Morgan fingerprint density at radius 3 is 3.10 bits per heavy atom. The standard InChI is InChI=1S/C16H20N2O2/c19-16-14(9-13-3-1-2-4-15(13)18-16)10-17-7-5-12-6-8-20-11-12/h1-4,9,12,17H,5-8,10-11H2,(H,18,19). The fourth-order valence-corrected chi connectivity index (χ4v) is 2.66. The largest absolute Gasteiger partial charge is 0.381 e. The van der Waals surface area contributed by atoms with Crippen molar-refractivity contribution < 1.29 is 4.74 Å². The second kappa shape index (κ2) is 6.20. The van der Waals surface area contributed by atoms with Gasteiger partial charge in [-0.15, -0.1) is 0 Å². The molecule has 2 N–H and O–H groups in total. The number of pyridine rings is 1. The Kier molecular flexibility index (Phi) is 4.14. The summed E-state index contributed by atoms with van der Waals surface area (Å²) in [6.45, 7) is 3.33. The van der Waals surface area contributed by atoms with Crippen molar-refractivity contribution in [2.24, 2.45) is 5.92 Å². The highest BCUT2D eigenvalue weighted by Crippen LogP contribution is 2.15. The van der Waals surface area contributed by atoms with E-state index in [9.17, 15) is 4.79 Å². The highest BCUT2D eigenvalue weighted by molar-refractivity contribution is 5.78. The van der Waals surface area contributed by atoms with Crippen LogP contribution in [0.1, 0.15) is 18.4 Å². The normalized spacial score (nSPS) is 18.7. The van der Waals surface area contributed by atoms with E-state index < -0.39 is 0 Å². The first-order valence-corrected chi connectivity index (χ1v) is 7.22. The van der Waals surface area contributed by atoms with Gasteiger partial charge in [0.15, 0.2) is 0 Å². The molecule has 1 aromatic carbocycles. The van der Waals surface area contributed by atoms with Crippen molar-refractivity contribution in [3.05, 3.63) is 46.2 Å². The second-order valence-corrected chi connectivity index (χ2v) is 5.41. The van der Waals surface area contributed by atoms with E-state index in [0.29, 0.717) is 12.5 Å². The maximum absolute atomic E-state index is 12.0. The van der Waals surface area contributed by atoms with Gasteiger partial charge in [-0.1, -0.05) is 18.2 Å². The average Bonchev–Trinajstić information content (AvgIpc) is 2.97. The van der Waals surface area contributed by atoms with E-state index >= 15 is 0 Å². The minimum Gasteiger partial charge on any atom is -0.381 e. The lowest BCUT2D eigenvalue weighted by atomic mass is 10.1. The zero-order valence-corrected chi connectivity index (χ0v) is 11.5. The van der Waals surface area contributed by atoms with Crippen molar-refractivity contribution in [1.82, 2.24) is 10.3 Å². The van der Waals surface area contributed by atoms with Gasteiger partial charge in [-0.3, -0.25) is 4.79 Å².